The smallest absolute Gasteiger partial charge is 0.155 e. The number of ketones is 1. The molecule has 1 fully saturated rings. The van der Waals surface area contributed by atoms with Gasteiger partial charge in [0, 0.05) is 43.6 Å². The van der Waals surface area contributed by atoms with Crippen LogP contribution in [0.4, 0.5) is 11.4 Å². The average molecular weight is 511 g/mol. The lowest BCUT2D eigenvalue weighted by Crippen LogP contribution is -2.63. The second-order valence-corrected chi connectivity index (χ2v) is 10.0. The summed E-state index contributed by atoms with van der Waals surface area (Å²) >= 11 is 0. The quantitative estimate of drug-likeness (QED) is 0.368. The first-order valence-electron chi connectivity index (χ1n) is 13.6. The maximum absolute atomic E-state index is 13.2. The molecule has 0 bridgehead atoms. The van der Waals surface area contributed by atoms with Gasteiger partial charge in [-0.25, -0.2) is 0 Å². The third-order valence-electron chi connectivity index (χ3n) is 7.09. The van der Waals surface area contributed by atoms with Crippen LogP contribution in [0.15, 0.2) is 42.5 Å². The Labute approximate surface area is 221 Å². The van der Waals surface area contributed by atoms with Crippen molar-refractivity contribution in [2.75, 3.05) is 49.2 Å². The minimum Gasteiger partial charge on any atom is -0.851 e. The van der Waals surface area contributed by atoms with Crippen molar-refractivity contribution in [2.24, 2.45) is 0 Å². The predicted molar refractivity (Wildman–Crippen MR) is 144 cm³/mol. The van der Waals surface area contributed by atoms with E-state index in [0.717, 1.165) is 55.8 Å². The third-order valence-corrected chi connectivity index (χ3v) is 7.09. The molecule has 0 saturated heterocycles. The van der Waals surface area contributed by atoms with Gasteiger partial charge in [0.15, 0.2) is 5.78 Å². The monoisotopic (exact) mass is 510 g/mol. The van der Waals surface area contributed by atoms with E-state index >= 15 is 0 Å². The Balaban J connectivity index is 1.69. The van der Waals surface area contributed by atoms with Gasteiger partial charge in [-0.1, -0.05) is 39.0 Å². The summed E-state index contributed by atoms with van der Waals surface area (Å²) < 4.78 is 5.40. The predicted octanol–water partition coefficient (Wildman–Crippen LogP) is 3.18. The number of phenols is 1. The van der Waals surface area contributed by atoms with Crippen LogP contribution in [0.5, 0.6) is 5.75 Å². The molecule has 2 atom stereocenters. The molecule has 37 heavy (non-hydrogen) atoms. The van der Waals surface area contributed by atoms with Crippen LogP contribution < -0.4 is 20.0 Å². The molecule has 1 saturated carbocycles. The van der Waals surface area contributed by atoms with E-state index in [1.54, 1.807) is 12.1 Å². The fourth-order valence-corrected chi connectivity index (χ4v) is 5.27. The highest BCUT2D eigenvalue weighted by Gasteiger charge is 2.39. The lowest BCUT2D eigenvalue weighted by molar-refractivity contribution is -0.536. The molecule has 0 aromatic heterocycles. The molecule has 2 unspecified atom stereocenters. The molecule has 0 amide bonds. The number of rotatable bonds is 15. The number of nitrogens with zero attached hydrogens (tertiary/aromatic N) is 2. The second-order valence-electron chi connectivity index (χ2n) is 10.0. The first kappa shape index (κ1) is 29.0. The van der Waals surface area contributed by atoms with Crippen molar-refractivity contribution in [3.63, 3.8) is 0 Å². The number of Topliss-reactive ketones (excluding diaryl/α,β-unsaturated/α-hetero) is 1. The standard InChI is InChI=1S/C30H42N2O5/c1-5-14-31(15-6-2)23-10-8-22(9-11-23)27-29(35)28(30(27)36)25-13-12-24(19-26(25)34)32(16-7-3)17-18-37-20-21(4)33/h8-13,19,27-30,34H,5-7,14-18,20H2,1-4H3/q-2. The molecule has 0 heterocycles. The van der Waals surface area contributed by atoms with Gasteiger partial charge < -0.3 is 29.9 Å². The number of anilines is 2. The maximum atomic E-state index is 13.2. The number of ether oxygens (including phenoxy) is 1. The van der Waals surface area contributed by atoms with E-state index in [1.165, 1.54) is 6.92 Å². The van der Waals surface area contributed by atoms with Crippen molar-refractivity contribution >= 4 is 17.2 Å². The summed E-state index contributed by atoms with van der Waals surface area (Å²) in [7, 11) is 0. The Kier molecular flexibility index (Phi) is 10.8. The highest BCUT2D eigenvalue weighted by atomic mass is 16.5. The van der Waals surface area contributed by atoms with Crippen LogP contribution in [-0.4, -0.2) is 62.5 Å². The highest BCUT2D eigenvalue weighted by molar-refractivity contribution is 5.76. The van der Waals surface area contributed by atoms with Gasteiger partial charge >= 0.3 is 0 Å². The zero-order valence-corrected chi connectivity index (χ0v) is 22.7. The Morgan fingerprint density at radius 1 is 0.838 bits per heavy atom. The van der Waals surface area contributed by atoms with Crippen LogP contribution in [0.3, 0.4) is 0 Å². The minimum absolute atomic E-state index is 0.0153. The molecule has 1 N–H and O–H groups in total. The highest BCUT2D eigenvalue weighted by Crippen LogP contribution is 2.48. The van der Waals surface area contributed by atoms with Crippen molar-refractivity contribution in [3.8, 4) is 5.75 Å². The third kappa shape index (κ3) is 7.03. The largest absolute Gasteiger partial charge is 0.851 e. The summed E-state index contributed by atoms with van der Waals surface area (Å²) in [4.78, 5) is 15.5. The Morgan fingerprint density at radius 2 is 1.38 bits per heavy atom. The van der Waals surface area contributed by atoms with Crippen molar-refractivity contribution in [1.29, 1.82) is 0 Å². The molecule has 0 radical (unpaired) electrons. The maximum Gasteiger partial charge on any atom is 0.155 e. The van der Waals surface area contributed by atoms with Gasteiger partial charge in [-0.05, 0) is 67.3 Å². The van der Waals surface area contributed by atoms with Crippen LogP contribution in [0.25, 0.3) is 0 Å². The first-order valence-corrected chi connectivity index (χ1v) is 13.6. The van der Waals surface area contributed by atoms with Crippen molar-refractivity contribution in [2.45, 2.75) is 71.0 Å². The number of hydrogen-bond acceptors (Lipinski definition) is 7. The Hall–Kier alpha value is -2.61. The van der Waals surface area contributed by atoms with Crippen LogP contribution in [-0.2, 0) is 9.53 Å². The van der Waals surface area contributed by atoms with Crippen molar-refractivity contribution in [3.05, 3.63) is 53.6 Å². The summed E-state index contributed by atoms with van der Waals surface area (Å²) in [5, 5.41) is 37.2. The number of carbonyl (C=O) groups excluding carboxylic acids is 1. The molecule has 1 aliphatic carbocycles. The van der Waals surface area contributed by atoms with Gasteiger partial charge in [-0.15, -0.1) is 12.2 Å². The lowest BCUT2D eigenvalue weighted by atomic mass is 9.63. The summed E-state index contributed by atoms with van der Waals surface area (Å²) in [6.07, 6.45) is 0.823. The minimum atomic E-state index is -1.10. The summed E-state index contributed by atoms with van der Waals surface area (Å²) in [6.45, 7) is 11.6. The molecule has 2 aromatic carbocycles. The van der Waals surface area contributed by atoms with Crippen molar-refractivity contribution < 1.29 is 24.9 Å². The number of hydrogen-bond donors (Lipinski definition) is 1. The zero-order chi connectivity index (χ0) is 26.9. The number of phenolic OH excluding ortho intramolecular Hbond substituents is 1. The molecule has 3 rings (SSSR count). The molecule has 7 heteroatoms. The topological polar surface area (TPSA) is 99.1 Å². The van der Waals surface area contributed by atoms with Crippen LogP contribution in [0, 0.1) is 0 Å². The lowest BCUT2D eigenvalue weighted by Gasteiger charge is -2.61. The van der Waals surface area contributed by atoms with Crippen LogP contribution >= 0.6 is 0 Å². The Morgan fingerprint density at radius 3 is 1.89 bits per heavy atom. The van der Waals surface area contributed by atoms with E-state index in [4.69, 9.17) is 4.74 Å². The Bertz CT molecular complexity index is 980. The number of aromatic hydroxyl groups is 1. The van der Waals surface area contributed by atoms with Crippen molar-refractivity contribution in [1.82, 2.24) is 0 Å². The van der Waals surface area contributed by atoms with Gasteiger partial charge in [0.2, 0.25) is 0 Å². The molecule has 1 aliphatic rings. The molecule has 0 spiro atoms. The average Bonchev–Trinajstić information content (AvgIpc) is 2.87. The fourth-order valence-electron chi connectivity index (χ4n) is 5.27. The van der Waals surface area contributed by atoms with Gasteiger partial charge in [0.25, 0.3) is 0 Å². The second kappa shape index (κ2) is 13.8. The van der Waals surface area contributed by atoms with Gasteiger partial charge in [-0.2, -0.15) is 0 Å². The van der Waals surface area contributed by atoms with Crippen LogP contribution in [0.1, 0.15) is 69.9 Å². The zero-order valence-electron chi connectivity index (χ0n) is 22.7. The molecule has 0 aliphatic heterocycles. The summed E-state index contributed by atoms with van der Waals surface area (Å²) in [5.74, 6) is -1.42. The van der Waals surface area contributed by atoms with E-state index in [2.05, 4.69) is 30.6 Å². The molecule has 7 nitrogen and oxygen atoms in total. The number of benzene rings is 2. The summed E-state index contributed by atoms with van der Waals surface area (Å²) in [5.41, 5.74) is 3.13. The number of carbonyl (C=O) groups is 1. The van der Waals surface area contributed by atoms with Gasteiger partial charge in [0.05, 0.1) is 6.61 Å². The van der Waals surface area contributed by atoms with E-state index < -0.39 is 24.0 Å². The molecule has 204 valence electrons. The SMILES string of the molecule is CCCN(CCC)c1ccc(C2C([O-])C(c3ccc(N(CCC)CCOCC(C)=O)cc3O)C2[O-])cc1. The first-order chi connectivity index (χ1) is 17.8. The normalized spacial score (nSPS) is 20.9. The van der Waals surface area contributed by atoms with E-state index in [-0.39, 0.29) is 18.1 Å². The molecular weight excluding hydrogens is 468 g/mol. The van der Waals surface area contributed by atoms with E-state index in [0.29, 0.717) is 18.7 Å². The van der Waals surface area contributed by atoms with Gasteiger partial charge in [-0.3, -0.25) is 4.79 Å². The summed E-state index contributed by atoms with van der Waals surface area (Å²) in [6, 6.07) is 13.1. The van der Waals surface area contributed by atoms with E-state index in [1.807, 2.05) is 30.3 Å². The van der Waals surface area contributed by atoms with Crippen LogP contribution in [0.2, 0.25) is 0 Å². The molecule has 2 aromatic rings. The fraction of sp³-hybridized carbons (Fsp3) is 0.567. The molecular formula is C30H42N2O5-2. The van der Waals surface area contributed by atoms with E-state index in [9.17, 15) is 20.1 Å². The van der Waals surface area contributed by atoms with Gasteiger partial charge in [0.1, 0.15) is 12.4 Å².